The van der Waals surface area contributed by atoms with E-state index in [4.69, 9.17) is 5.11 Å². The summed E-state index contributed by atoms with van der Waals surface area (Å²) < 4.78 is 4.57. The van der Waals surface area contributed by atoms with Crippen LogP contribution in [-0.2, 0) is 9.53 Å². The van der Waals surface area contributed by atoms with Crippen molar-refractivity contribution in [2.24, 2.45) is 0 Å². The minimum Gasteiger partial charge on any atom is -0.506 e. The molecule has 0 aliphatic heterocycles. The topological polar surface area (TPSA) is 79.7 Å². The Balaban J connectivity index is 2.78. The molecule has 0 atom stereocenters. The van der Waals surface area contributed by atoms with Gasteiger partial charge in [0.15, 0.2) is 0 Å². The van der Waals surface area contributed by atoms with Gasteiger partial charge in [-0.05, 0) is 19.1 Å². The Hall–Kier alpha value is -2.04. The van der Waals surface area contributed by atoms with Crippen LogP contribution in [0.15, 0.2) is 24.1 Å². The molecule has 15 heavy (non-hydrogen) atoms. The number of aliphatic hydroxyl groups excluding tert-OH is 1. The molecule has 1 heterocycles. The largest absolute Gasteiger partial charge is 0.506 e. The number of esters is 1. The van der Waals surface area contributed by atoms with Gasteiger partial charge in [0, 0.05) is 6.08 Å². The number of pyridine rings is 1. The second kappa shape index (κ2) is 4.99. The number of hydrogen-bond acceptors (Lipinski definition) is 5. The van der Waals surface area contributed by atoms with E-state index in [2.05, 4.69) is 9.72 Å². The zero-order valence-electron chi connectivity index (χ0n) is 8.17. The molecule has 0 radical (unpaired) electrons. The highest BCUT2D eigenvalue weighted by atomic mass is 16.5. The third-order valence-corrected chi connectivity index (χ3v) is 1.54. The van der Waals surface area contributed by atoms with Gasteiger partial charge in [0.1, 0.15) is 5.75 Å². The van der Waals surface area contributed by atoms with Crippen LogP contribution in [0.1, 0.15) is 12.6 Å². The number of ether oxygens (including phenoxy) is 1. The van der Waals surface area contributed by atoms with Gasteiger partial charge in [-0.3, -0.25) is 4.98 Å². The molecule has 0 spiro atoms. The van der Waals surface area contributed by atoms with E-state index in [1.165, 1.54) is 18.3 Å². The van der Waals surface area contributed by atoms with E-state index in [0.717, 1.165) is 6.08 Å². The van der Waals surface area contributed by atoms with Gasteiger partial charge in [-0.25, -0.2) is 4.79 Å². The van der Waals surface area contributed by atoms with Gasteiger partial charge < -0.3 is 14.9 Å². The van der Waals surface area contributed by atoms with Crippen molar-refractivity contribution in [3.8, 4) is 5.75 Å². The number of aliphatic hydroxyl groups is 1. The Bertz CT molecular complexity index is 370. The lowest BCUT2D eigenvalue weighted by Gasteiger charge is -1.99. The van der Waals surface area contributed by atoms with E-state index >= 15 is 0 Å². The average Bonchev–Trinajstić information content (AvgIpc) is 2.22. The summed E-state index contributed by atoms with van der Waals surface area (Å²) in [6.07, 6.45) is 2.38. The fourth-order valence-corrected chi connectivity index (χ4v) is 0.887. The van der Waals surface area contributed by atoms with Gasteiger partial charge in [0.05, 0.1) is 18.5 Å². The Labute approximate surface area is 86.6 Å². The highest BCUT2D eigenvalue weighted by Gasteiger charge is 2.07. The average molecular weight is 209 g/mol. The molecule has 80 valence electrons. The molecule has 1 aromatic heterocycles. The molecule has 0 aliphatic rings. The van der Waals surface area contributed by atoms with Crippen molar-refractivity contribution in [1.82, 2.24) is 4.98 Å². The summed E-state index contributed by atoms with van der Waals surface area (Å²) >= 11 is 0. The van der Waals surface area contributed by atoms with Crippen LogP contribution < -0.4 is 0 Å². The molecule has 0 saturated carbocycles. The van der Waals surface area contributed by atoms with Gasteiger partial charge in [0.2, 0.25) is 5.76 Å². The molecule has 0 saturated heterocycles. The normalized spacial score (nSPS) is 11.1. The van der Waals surface area contributed by atoms with Crippen LogP contribution in [0.5, 0.6) is 5.75 Å². The minimum absolute atomic E-state index is 0.0165. The summed E-state index contributed by atoms with van der Waals surface area (Å²) in [4.78, 5) is 14.8. The highest BCUT2D eigenvalue weighted by Crippen LogP contribution is 2.08. The van der Waals surface area contributed by atoms with Crippen LogP contribution in [0.2, 0.25) is 0 Å². The lowest BCUT2D eigenvalue weighted by molar-refractivity contribution is -0.141. The molecule has 2 N–H and O–H groups in total. The first-order valence-electron chi connectivity index (χ1n) is 4.36. The predicted molar refractivity (Wildman–Crippen MR) is 53.1 cm³/mol. The fourth-order valence-electron chi connectivity index (χ4n) is 0.887. The zero-order valence-corrected chi connectivity index (χ0v) is 8.17. The minimum atomic E-state index is -0.799. The number of hydrogen-bond donors (Lipinski definition) is 2. The van der Waals surface area contributed by atoms with E-state index < -0.39 is 11.7 Å². The van der Waals surface area contributed by atoms with Crippen LogP contribution in [-0.4, -0.2) is 27.8 Å². The number of aromatic hydroxyl groups is 1. The number of aromatic nitrogens is 1. The van der Waals surface area contributed by atoms with E-state index in [1.807, 2.05) is 0 Å². The summed E-state index contributed by atoms with van der Waals surface area (Å²) in [5.41, 5.74) is 0.360. The van der Waals surface area contributed by atoms with E-state index in [0.29, 0.717) is 5.69 Å². The lowest BCUT2D eigenvalue weighted by atomic mass is 10.3. The Morgan fingerprint density at radius 3 is 2.87 bits per heavy atom. The van der Waals surface area contributed by atoms with Crippen molar-refractivity contribution in [3.05, 3.63) is 29.8 Å². The van der Waals surface area contributed by atoms with Gasteiger partial charge in [0.25, 0.3) is 0 Å². The van der Waals surface area contributed by atoms with Gasteiger partial charge in [-0.2, -0.15) is 0 Å². The summed E-state index contributed by atoms with van der Waals surface area (Å²) in [5.74, 6) is -1.30. The van der Waals surface area contributed by atoms with Crippen LogP contribution >= 0.6 is 0 Å². The smallest absolute Gasteiger partial charge is 0.373 e. The molecule has 0 aromatic carbocycles. The molecule has 0 amide bonds. The molecule has 0 aliphatic carbocycles. The second-order valence-corrected chi connectivity index (χ2v) is 2.69. The Morgan fingerprint density at radius 2 is 2.33 bits per heavy atom. The quantitative estimate of drug-likeness (QED) is 0.445. The second-order valence-electron chi connectivity index (χ2n) is 2.69. The molecule has 1 rings (SSSR count). The van der Waals surface area contributed by atoms with Crippen molar-refractivity contribution in [1.29, 1.82) is 0 Å². The summed E-state index contributed by atoms with van der Waals surface area (Å²) in [6.45, 7) is 1.84. The first-order chi connectivity index (χ1) is 7.13. The van der Waals surface area contributed by atoms with Crippen LogP contribution in [0.25, 0.3) is 6.08 Å². The standard InChI is InChI=1S/C10H11NO4/c1-2-15-10(14)9(13)5-7-3-4-8(12)6-11-7/h3-6,12-13H,2H2,1H3/b9-5-. The number of nitrogens with zero attached hydrogens (tertiary/aromatic N) is 1. The molecule has 5 heteroatoms. The lowest BCUT2D eigenvalue weighted by Crippen LogP contribution is -2.06. The predicted octanol–water partition coefficient (Wildman–Crippen LogP) is 1.25. The zero-order chi connectivity index (χ0) is 11.3. The first kappa shape index (κ1) is 11.0. The fraction of sp³-hybridized carbons (Fsp3) is 0.200. The van der Waals surface area contributed by atoms with Gasteiger partial charge >= 0.3 is 5.97 Å². The van der Waals surface area contributed by atoms with Crippen molar-refractivity contribution >= 4 is 12.0 Å². The molecule has 0 fully saturated rings. The van der Waals surface area contributed by atoms with Gasteiger partial charge in [-0.1, -0.05) is 0 Å². The van der Waals surface area contributed by atoms with Crippen LogP contribution in [0.3, 0.4) is 0 Å². The summed E-state index contributed by atoms with van der Waals surface area (Å²) in [6, 6.07) is 2.86. The highest BCUT2D eigenvalue weighted by molar-refractivity contribution is 5.90. The number of carbonyl (C=O) groups excluding carboxylic acids is 1. The third-order valence-electron chi connectivity index (χ3n) is 1.54. The molecule has 0 unspecified atom stereocenters. The maximum absolute atomic E-state index is 11.0. The molecule has 1 aromatic rings. The Kier molecular flexibility index (Phi) is 3.68. The van der Waals surface area contributed by atoms with Gasteiger partial charge in [-0.15, -0.1) is 0 Å². The van der Waals surface area contributed by atoms with Crippen molar-refractivity contribution in [3.63, 3.8) is 0 Å². The molecular weight excluding hydrogens is 198 g/mol. The monoisotopic (exact) mass is 209 g/mol. The van der Waals surface area contributed by atoms with Crippen LogP contribution in [0.4, 0.5) is 0 Å². The first-order valence-corrected chi connectivity index (χ1v) is 4.36. The molecule has 5 nitrogen and oxygen atoms in total. The third kappa shape index (κ3) is 3.30. The van der Waals surface area contributed by atoms with Crippen molar-refractivity contribution in [2.75, 3.05) is 6.61 Å². The Morgan fingerprint density at radius 1 is 1.60 bits per heavy atom. The van der Waals surface area contributed by atoms with Crippen molar-refractivity contribution < 1.29 is 19.7 Å². The maximum atomic E-state index is 11.0. The molecular formula is C10H11NO4. The summed E-state index contributed by atoms with van der Waals surface area (Å²) in [5, 5.41) is 18.2. The number of carbonyl (C=O) groups is 1. The van der Waals surface area contributed by atoms with E-state index in [-0.39, 0.29) is 12.4 Å². The summed E-state index contributed by atoms with van der Waals surface area (Å²) in [7, 11) is 0. The SMILES string of the molecule is CCOC(=O)/C(O)=C/c1ccc(O)cn1. The van der Waals surface area contributed by atoms with E-state index in [1.54, 1.807) is 6.92 Å². The molecule has 0 bridgehead atoms. The van der Waals surface area contributed by atoms with E-state index in [9.17, 15) is 9.90 Å². The van der Waals surface area contributed by atoms with Crippen molar-refractivity contribution in [2.45, 2.75) is 6.92 Å². The van der Waals surface area contributed by atoms with Crippen LogP contribution in [0, 0.1) is 0 Å². The number of rotatable bonds is 3. The maximum Gasteiger partial charge on any atom is 0.373 e.